The maximum absolute atomic E-state index is 11.7. The first-order chi connectivity index (χ1) is 7.43. The van der Waals surface area contributed by atoms with E-state index in [4.69, 9.17) is 4.74 Å². The Morgan fingerprint density at radius 2 is 2.00 bits per heavy atom. The molecule has 0 unspecified atom stereocenters. The SMILES string of the molecule is COC(C)(C)CC(=O)NC1CCC(=O)CC1. The van der Waals surface area contributed by atoms with Crippen LogP contribution in [0.4, 0.5) is 0 Å². The van der Waals surface area contributed by atoms with Crippen LogP contribution in [-0.4, -0.2) is 30.4 Å². The van der Waals surface area contributed by atoms with Gasteiger partial charge in [0, 0.05) is 26.0 Å². The van der Waals surface area contributed by atoms with E-state index in [9.17, 15) is 9.59 Å². The standard InChI is InChI=1S/C12H21NO3/c1-12(2,16-3)8-11(15)13-9-4-6-10(14)7-5-9/h9H,4-8H2,1-3H3,(H,13,15). The summed E-state index contributed by atoms with van der Waals surface area (Å²) in [7, 11) is 1.60. The Labute approximate surface area is 96.7 Å². The second kappa shape index (κ2) is 5.43. The monoisotopic (exact) mass is 227 g/mol. The molecule has 0 aromatic carbocycles. The van der Waals surface area contributed by atoms with Crippen molar-refractivity contribution in [1.82, 2.24) is 5.32 Å². The number of hydrogen-bond acceptors (Lipinski definition) is 3. The smallest absolute Gasteiger partial charge is 0.223 e. The molecule has 4 nitrogen and oxygen atoms in total. The zero-order chi connectivity index (χ0) is 12.2. The van der Waals surface area contributed by atoms with Crippen LogP contribution in [0.25, 0.3) is 0 Å². The molecule has 1 amide bonds. The van der Waals surface area contributed by atoms with Crippen LogP contribution in [0.5, 0.6) is 0 Å². The molecule has 4 heteroatoms. The highest BCUT2D eigenvalue weighted by Crippen LogP contribution is 2.17. The molecule has 0 saturated heterocycles. The van der Waals surface area contributed by atoms with Gasteiger partial charge < -0.3 is 10.1 Å². The molecule has 0 spiro atoms. The molecule has 1 aliphatic carbocycles. The molecule has 92 valence electrons. The molecule has 1 rings (SSSR count). The number of methoxy groups -OCH3 is 1. The second-order valence-electron chi connectivity index (χ2n) is 5.02. The molecule has 0 radical (unpaired) electrons. The van der Waals surface area contributed by atoms with Crippen LogP contribution in [0.2, 0.25) is 0 Å². The van der Waals surface area contributed by atoms with Crippen molar-refractivity contribution < 1.29 is 14.3 Å². The zero-order valence-electron chi connectivity index (χ0n) is 10.3. The predicted molar refractivity (Wildman–Crippen MR) is 61.1 cm³/mol. The Bertz CT molecular complexity index is 263. The normalized spacial score (nSPS) is 18.6. The van der Waals surface area contributed by atoms with Crippen molar-refractivity contribution in [2.75, 3.05) is 7.11 Å². The minimum Gasteiger partial charge on any atom is -0.378 e. The van der Waals surface area contributed by atoms with Gasteiger partial charge in [0.05, 0.1) is 12.0 Å². The zero-order valence-corrected chi connectivity index (χ0v) is 10.3. The van der Waals surface area contributed by atoms with Crippen molar-refractivity contribution in [2.24, 2.45) is 0 Å². The fourth-order valence-electron chi connectivity index (χ4n) is 1.82. The molecule has 1 saturated carbocycles. The van der Waals surface area contributed by atoms with Gasteiger partial charge in [0.1, 0.15) is 5.78 Å². The summed E-state index contributed by atoms with van der Waals surface area (Å²) in [6.07, 6.45) is 3.10. The Morgan fingerprint density at radius 3 is 2.50 bits per heavy atom. The van der Waals surface area contributed by atoms with Crippen LogP contribution in [0.3, 0.4) is 0 Å². The molecule has 1 aliphatic rings. The molecular weight excluding hydrogens is 206 g/mol. The van der Waals surface area contributed by atoms with Gasteiger partial charge in [0.2, 0.25) is 5.91 Å². The highest BCUT2D eigenvalue weighted by molar-refractivity contribution is 5.80. The van der Waals surface area contributed by atoms with Crippen LogP contribution >= 0.6 is 0 Å². The average Bonchev–Trinajstić information content (AvgIpc) is 2.21. The van der Waals surface area contributed by atoms with Crippen molar-refractivity contribution in [1.29, 1.82) is 0 Å². The van der Waals surface area contributed by atoms with E-state index < -0.39 is 5.60 Å². The quantitative estimate of drug-likeness (QED) is 0.790. The molecule has 0 aliphatic heterocycles. The lowest BCUT2D eigenvalue weighted by atomic mass is 9.94. The minimum absolute atomic E-state index is 0.00574. The summed E-state index contributed by atoms with van der Waals surface area (Å²) < 4.78 is 5.20. The van der Waals surface area contributed by atoms with E-state index in [0.717, 1.165) is 12.8 Å². The molecule has 1 N–H and O–H groups in total. The number of hydrogen-bond donors (Lipinski definition) is 1. The first-order valence-corrected chi connectivity index (χ1v) is 5.79. The van der Waals surface area contributed by atoms with Gasteiger partial charge >= 0.3 is 0 Å². The van der Waals surface area contributed by atoms with Gasteiger partial charge in [-0.2, -0.15) is 0 Å². The molecule has 0 atom stereocenters. The summed E-state index contributed by atoms with van der Waals surface area (Å²) in [5, 5.41) is 2.96. The molecule has 0 bridgehead atoms. The van der Waals surface area contributed by atoms with Crippen LogP contribution < -0.4 is 5.32 Å². The summed E-state index contributed by atoms with van der Waals surface area (Å²) in [6, 6.07) is 0.165. The lowest BCUT2D eigenvalue weighted by Crippen LogP contribution is -2.41. The Morgan fingerprint density at radius 1 is 1.44 bits per heavy atom. The van der Waals surface area contributed by atoms with Crippen LogP contribution in [0, 0.1) is 0 Å². The van der Waals surface area contributed by atoms with Gasteiger partial charge in [-0.05, 0) is 26.7 Å². The van der Waals surface area contributed by atoms with Gasteiger partial charge in [-0.3, -0.25) is 9.59 Å². The summed E-state index contributed by atoms with van der Waals surface area (Å²) >= 11 is 0. The predicted octanol–water partition coefficient (Wildman–Crippen LogP) is 1.43. The third kappa shape index (κ3) is 4.31. The van der Waals surface area contributed by atoms with E-state index in [1.165, 1.54) is 0 Å². The molecule has 0 aromatic rings. The van der Waals surface area contributed by atoms with Crippen molar-refractivity contribution in [3.63, 3.8) is 0 Å². The third-order valence-corrected chi connectivity index (χ3v) is 3.05. The van der Waals surface area contributed by atoms with E-state index in [0.29, 0.717) is 25.0 Å². The van der Waals surface area contributed by atoms with Crippen molar-refractivity contribution in [2.45, 2.75) is 57.6 Å². The van der Waals surface area contributed by atoms with E-state index in [1.807, 2.05) is 13.8 Å². The number of ether oxygens (including phenoxy) is 1. The Hall–Kier alpha value is -0.900. The minimum atomic E-state index is -0.422. The first kappa shape index (κ1) is 13.2. The van der Waals surface area contributed by atoms with Crippen molar-refractivity contribution in [3.8, 4) is 0 Å². The van der Waals surface area contributed by atoms with Crippen molar-refractivity contribution >= 4 is 11.7 Å². The first-order valence-electron chi connectivity index (χ1n) is 5.79. The molecule has 16 heavy (non-hydrogen) atoms. The third-order valence-electron chi connectivity index (χ3n) is 3.05. The lowest BCUT2D eigenvalue weighted by Gasteiger charge is -2.26. The van der Waals surface area contributed by atoms with Crippen LogP contribution in [-0.2, 0) is 14.3 Å². The number of carbonyl (C=O) groups is 2. The summed E-state index contributed by atoms with van der Waals surface area (Å²) in [6.45, 7) is 3.77. The van der Waals surface area contributed by atoms with Gasteiger partial charge in [-0.25, -0.2) is 0 Å². The average molecular weight is 227 g/mol. The maximum Gasteiger partial charge on any atom is 0.223 e. The van der Waals surface area contributed by atoms with Crippen LogP contribution in [0.15, 0.2) is 0 Å². The number of Topliss-reactive ketones (excluding diaryl/α,β-unsaturated/α-hetero) is 1. The summed E-state index contributed by atoms with van der Waals surface area (Å²) in [5.74, 6) is 0.314. The number of rotatable bonds is 4. The molecule has 1 fully saturated rings. The Balaban J connectivity index is 2.32. The largest absolute Gasteiger partial charge is 0.378 e. The lowest BCUT2D eigenvalue weighted by molar-refractivity contribution is -0.128. The number of nitrogens with one attached hydrogen (secondary N) is 1. The number of ketones is 1. The molecule has 0 heterocycles. The van der Waals surface area contributed by atoms with Gasteiger partial charge in [-0.1, -0.05) is 0 Å². The number of amides is 1. The van der Waals surface area contributed by atoms with E-state index in [2.05, 4.69) is 5.32 Å². The Kier molecular flexibility index (Phi) is 4.47. The topological polar surface area (TPSA) is 55.4 Å². The second-order valence-corrected chi connectivity index (χ2v) is 5.02. The van der Waals surface area contributed by atoms with Gasteiger partial charge in [-0.15, -0.1) is 0 Å². The number of carbonyl (C=O) groups excluding carboxylic acids is 2. The molecule has 0 aromatic heterocycles. The fraction of sp³-hybridized carbons (Fsp3) is 0.833. The fourth-order valence-corrected chi connectivity index (χ4v) is 1.82. The summed E-state index contributed by atoms with van der Waals surface area (Å²) in [4.78, 5) is 22.7. The highest BCUT2D eigenvalue weighted by atomic mass is 16.5. The van der Waals surface area contributed by atoms with Crippen molar-refractivity contribution in [3.05, 3.63) is 0 Å². The maximum atomic E-state index is 11.7. The summed E-state index contributed by atoms with van der Waals surface area (Å²) in [5.41, 5.74) is -0.422. The van der Waals surface area contributed by atoms with E-state index in [-0.39, 0.29) is 11.9 Å². The van der Waals surface area contributed by atoms with Gasteiger partial charge in [0.15, 0.2) is 0 Å². The molecular formula is C12H21NO3. The van der Waals surface area contributed by atoms with Gasteiger partial charge in [0.25, 0.3) is 0 Å². The highest BCUT2D eigenvalue weighted by Gasteiger charge is 2.24. The van der Waals surface area contributed by atoms with E-state index >= 15 is 0 Å². The van der Waals surface area contributed by atoms with E-state index in [1.54, 1.807) is 7.11 Å². The van der Waals surface area contributed by atoms with Crippen LogP contribution in [0.1, 0.15) is 46.0 Å².